The molecule has 0 radical (unpaired) electrons. The van der Waals surface area contributed by atoms with Crippen LogP contribution in [0.2, 0.25) is 0 Å². The van der Waals surface area contributed by atoms with Gasteiger partial charge < -0.3 is 30.7 Å². The SMILES string of the molecule is CCCCCN1/C(=C/C=C2\CCCC(/C=C/C3=[N+](CCCCCC(=O)CCCCC[C@H](NC(=O)c4ccc(NCc5cnc6nc(N)[nH]c(=O)c6n5)cc4)OC=O)c4ccc(C)cc4C3(C)C)=C2Oc2ccc(S(=O)(=O)O)cc2)Cc2cc(S(=O)(=O)O)ccc21. The molecule has 1 aliphatic carbocycles. The molecule has 474 valence electrons. The summed E-state index contributed by atoms with van der Waals surface area (Å²) >= 11 is 0. The molecule has 6 aromatic rings. The first-order valence-electron chi connectivity index (χ1n) is 30.6. The number of hydrogen-bond acceptors (Lipinski definition) is 16. The summed E-state index contributed by atoms with van der Waals surface area (Å²) < 4.78 is 82.2. The van der Waals surface area contributed by atoms with E-state index in [9.17, 15) is 45.1 Å². The summed E-state index contributed by atoms with van der Waals surface area (Å²) in [6.07, 6.45) is 20.4. The molecule has 23 heteroatoms. The van der Waals surface area contributed by atoms with Gasteiger partial charge in [-0.05, 0) is 174 Å². The van der Waals surface area contributed by atoms with Gasteiger partial charge in [0.1, 0.15) is 23.8 Å². The standard InChI is InChI=1S/C67H77N9O12S2/c1-5-6-12-36-75-51(39-48-40-55(90(84,85)86)32-34-57(48)75)27-23-45-15-14-16-46(62(45)88-53-28-30-54(31-29-53)89(81,82)83)24-35-59-67(3,4)56-38-44(2)20-33-58(56)76(59)37-13-8-10-18-52(78)17-9-7-11-19-60(87-43-77)72-64(79)47-21-25-49(26-22-47)69-41-50-42-70-63-61(71-50)65(80)74-66(68)73-63/h20-35,38,40,42-43,60H,5-19,36-37,39,41H2,1-4H3,(H6-,68,69,70,72,73,74,79,80,81,82,83,84,85,86)/p+1/t60-/m1/s1. The molecule has 0 unspecified atom stereocenters. The molecule has 2 aliphatic heterocycles. The molecule has 1 amide bonds. The maximum Gasteiger partial charge on any atom is 0.295 e. The lowest BCUT2D eigenvalue weighted by molar-refractivity contribution is -0.438. The van der Waals surface area contributed by atoms with E-state index in [4.69, 9.17) is 15.2 Å². The lowest BCUT2D eigenvalue weighted by Crippen LogP contribution is -2.36. The number of carbonyl (C=O) groups excluding carboxylic acids is 3. The largest absolute Gasteiger partial charge is 0.457 e. The quantitative estimate of drug-likeness (QED) is 0.00802. The van der Waals surface area contributed by atoms with Gasteiger partial charge in [-0.25, -0.2) is 9.97 Å². The van der Waals surface area contributed by atoms with E-state index in [0.717, 1.165) is 103 Å². The Bertz CT molecular complexity index is 4120. The van der Waals surface area contributed by atoms with Crippen LogP contribution in [0.15, 0.2) is 153 Å². The number of nitrogen functional groups attached to an aromatic ring is 1. The first-order chi connectivity index (χ1) is 43.1. The zero-order valence-electron chi connectivity index (χ0n) is 51.2. The topological polar surface area (TPSA) is 306 Å². The lowest BCUT2D eigenvalue weighted by Gasteiger charge is -2.23. The molecular formula is C67H78N9O12S2+. The molecule has 3 aliphatic rings. The average molecular weight is 1270 g/mol. The maximum atomic E-state index is 13.2. The van der Waals surface area contributed by atoms with Crippen molar-refractivity contribution in [2.45, 2.75) is 158 Å². The van der Waals surface area contributed by atoms with Crippen LogP contribution in [0, 0.1) is 6.92 Å². The van der Waals surface area contributed by atoms with Crippen LogP contribution >= 0.6 is 0 Å². The number of H-pyrrole nitrogens is 1. The van der Waals surface area contributed by atoms with Crippen molar-refractivity contribution in [3.63, 3.8) is 0 Å². The van der Waals surface area contributed by atoms with Gasteiger partial charge in [-0.2, -0.15) is 26.4 Å². The van der Waals surface area contributed by atoms with Crippen LogP contribution in [0.4, 0.5) is 23.0 Å². The second-order valence-corrected chi connectivity index (χ2v) is 26.3. The molecule has 0 spiro atoms. The Morgan fingerprint density at radius 2 is 1.59 bits per heavy atom. The Labute approximate surface area is 524 Å². The number of carbonyl (C=O) groups is 3. The van der Waals surface area contributed by atoms with Crippen LogP contribution in [0.3, 0.4) is 0 Å². The Balaban J connectivity index is 0.814. The molecule has 21 nitrogen and oxygen atoms in total. The Morgan fingerprint density at radius 3 is 2.31 bits per heavy atom. The third kappa shape index (κ3) is 16.6. The number of ketones is 1. The molecule has 4 aromatic carbocycles. The molecule has 9 rings (SSSR count). The fourth-order valence-electron chi connectivity index (χ4n) is 11.7. The number of nitrogens with two attached hydrogens (primary N) is 1. The first kappa shape index (κ1) is 65.8. The molecule has 1 atom stereocenters. The summed E-state index contributed by atoms with van der Waals surface area (Å²) in [4.78, 5) is 66.6. The number of nitrogens with zero attached hydrogens (tertiary/aromatic N) is 5. The third-order valence-corrected chi connectivity index (χ3v) is 18.2. The van der Waals surface area contributed by atoms with Crippen molar-refractivity contribution in [1.82, 2.24) is 25.3 Å². The second-order valence-electron chi connectivity index (χ2n) is 23.5. The number of rotatable bonds is 30. The van der Waals surface area contributed by atoms with E-state index in [0.29, 0.717) is 92.7 Å². The second kappa shape index (κ2) is 29.3. The van der Waals surface area contributed by atoms with Crippen molar-refractivity contribution in [2.24, 2.45) is 0 Å². The van der Waals surface area contributed by atoms with Crippen molar-refractivity contribution in [3.05, 3.63) is 176 Å². The summed E-state index contributed by atoms with van der Waals surface area (Å²) in [5, 5.41) is 5.96. The van der Waals surface area contributed by atoms with Crippen LogP contribution in [0.1, 0.15) is 150 Å². The maximum absolute atomic E-state index is 13.2. The van der Waals surface area contributed by atoms with Crippen molar-refractivity contribution in [1.29, 1.82) is 0 Å². The van der Waals surface area contributed by atoms with E-state index in [1.165, 1.54) is 48.2 Å². The third-order valence-electron chi connectivity index (χ3n) is 16.5. The van der Waals surface area contributed by atoms with Gasteiger partial charge in [0.25, 0.3) is 38.2 Å². The number of unbranched alkanes of at least 4 members (excludes halogenated alkanes) is 6. The number of ether oxygens (including phenoxy) is 2. The number of aromatic nitrogens is 4. The highest BCUT2D eigenvalue weighted by atomic mass is 32.2. The summed E-state index contributed by atoms with van der Waals surface area (Å²) in [7, 11) is -8.84. The predicted octanol–water partition coefficient (Wildman–Crippen LogP) is 11.2. The Morgan fingerprint density at radius 1 is 0.856 bits per heavy atom. The van der Waals surface area contributed by atoms with Gasteiger partial charge in [0.2, 0.25) is 11.6 Å². The highest BCUT2D eigenvalue weighted by molar-refractivity contribution is 7.86. The Hall–Kier alpha value is -8.64. The highest BCUT2D eigenvalue weighted by Gasteiger charge is 2.44. The fourth-order valence-corrected chi connectivity index (χ4v) is 12.8. The molecule has 0 saturated carbocycles. The van der Waals surface area contributed by atoms with Crippen molar-refractivity contribution < 1.29 is 54.4 Å². The van der Waals surface area contributed by atoms with E-state index in [-0.39, 0.29) is 44.6 Å². The van der Waals surface area contributed by atoms with Gasteiger partial charge in [-0.15, -0.1) is 0 Å². The molecule has 90 heavy (non-hydrogen) atoms. The van der Waals surface area contributed by atoms with Crippen molar-refractivity contribution >= 4 is 78.3 Å². The zero-order valence-corrected chi connectivity index (χ0v) is 52.8. The van der Waals surface area contributed by atoms with Crippen LogP contribution in [0.5, 0.6) is 5.75 Å². The normalized spacial score (nSPS) is 16.0. The number of anilines is 3. The number of fused-ring (bicyclic) bond motifs is 3. The van der Waals surface area contributed by atoms with Gasteiger partial charge in [0, 0.05) is 79.0 Å². The van der Waals surface area contributed by atoms with Gasteiger partial charge >= 0.3 is 0 Å². The minimum atomic E-state index is -4.44. The van der Waals surface area contributed by atoms with Crippen LogP contribution in [-0.4, -0.2) is 93.6 Å². The number of nitrogens with one attached hydrogen (secondary N) is 3. The van der Waals surface area contributed by atoms with E-state index in [2.05, 4.69) is 110 Å². The predicted molar refractivity (Wildman–Crippen MR) is 345 cm³/mol. The number of hydrogen-bond donors (Lipinski definition) is 6. The minimum Gasteiger partial charge on any atom is -0.457 e. The monoisotopic (exact) mass is 1260 g/mol. The van der Waals surface area contributed by atoms with Gasteiger partial charge in [0.15, 0.2) is 23.1 Å². The molecule has 0 bridgehead atoms. The van der Waals surface area contributed by atoms with Gasteiger partial charge in [0.05, 0.1) is 33.6 Å². The lowest BCUT2D eigenvalue weighted by atomic mass is 9.80. The number of Topliss-reactive ketones (excluding diaryl/α,β-unsaturated/α-hetero) is 1. The highest BCUT2D eigenvalue weighted by Crippen LogP contribution is 2.42. The number of amides is 1. The van der Waals surface area contributed by atoms with Crippen LogP contribution in [0.25, 0.3) is 11.2 Å². The van der Waals surface area contributed by atoms with Crippen molar-refractivity contribution in [2.75, 3.05) is 29.0 Å². The summed E-state index contributed by atoms with van der Waals surface area (Å²) in [5.74, 6) is 0.739. The minimum absolute atomic E-state index is 0.0489. The zero-order chi connectivity index (χ0) is 64.2. The van der Waals surface area contributed by atoms with Gasteiger partial charge in [-0.1, -0.05) is 43.9 Å². The van der Waals surface area contributed by atoms with E-state index >= 15 is 0 Å². The number of aryl methyl sites for hydroxylation is 1. The number of aromatic amines is 1. The molecule has 4 heterocycles. The van der Waals surface area contributed by atoms with Crippen molar-refractivity contribution in [3.8, 4) is 5.75 Å². The first-order valence-corrected chi connectivity index (χ1v) is 33.5. The summed E-state index contributed by atoms with van der Waals surface area (Å²) in [6, 6.07) is 23.6. The molecule has 0 fully saturated rings. The number of allylic oxidation sites excluding steroid dienone is 7. The smallest absolute Gasteiger partial charge is 0.295 e. The summed E-state index contributed by atoms with van der Waals surface area (Å²) in [6.45, 7) is 10.7. The van der Waals surface area contributed by atoms with Crippen LogP contribution in [-0.2, 0) is 52.9 Å². The van der Waals surface area contributed by atoms with Crippen LogP contribution < -0.4 is 31.6 Å². The number of benzene rings is 4. The van der Waals surface area contributed by atoms with E-state index in [1.54, 1.807) is 30.3 Å². The van der Waals surface area contributed by atoms with E-state index in [1.807, 2.05) is 0 Å². The fraction of sp³-hybridized carbons (Fsp3) is 0.373. The summed E-state index contributed by atoms with van der Waals surface area (Å²) in [5.41, 5.74) is 15.6. The average Bonchev–Trinajstić information content (AvgIpc) is 1.60. The molecular weight excluding hydrogens is 1190 g/mol. The molecule has 0 saturated heterocycles. The molecule has 2 aromatic heterocycles. The van der Waals surface area contributed by atoms with E-state index < -0.39 is 37.9 Å². The van der Waals surface area contributed by atoms with Gasteiger partial charge in [-0.3, -0.25) is 33.3 Å². The Kier molecular flexibility index (Phi) is 21.4. The molecule has 7 N–H and O–H groups in total.